The van der Waals surface area contributed by atoms with Crippen LogP contribution in [0.15, 0.2) is 55.0 Å². The number of imidazole rings is 1. The van der Waals surface area contributed by atoms with E-state index < -0.39 is 17.3 Å². The summed E-state index contributed by atoms with van der Waals surface area (Å²) in [5.74, 6) is 5.50. The summed E-state index contributed by atoms with van der Waals surface area (Å²) >= 11 is 0. The average Bonchev–Trinajstić information content (AvgIpc) is 3.47. The Morgan fingerprint density at radius 2 is 1.95 bits per heavy atom. The van der Waals surface area contributed by atoms with E-state index in [1.54, 1.807) is 48.5 Å². The standard InChI is InChI=1S/C30H25F3N6O3/c1-2-3-24(41)39-22-8-10-29(39,17-42-16-22)28-37-25(26-27(34)36-12-13-38(26)28)19-6-4-18(5-7-19)23(40)15-21-14-20(9-11-35-21)30(31,32)33/h4-7,9,11-14,22H,8,10,15-17H2,1H3,(H2,34,36). The van der Waals surface area contributed by atoms with Crippen molar-refractivity contribution in [3.8, 4) is 23.1 Å². The second-order valence-corrected chi connectivity index (χ2v) is 10.3. The Morgan fingerprint density at radius 3 is 2.69 bits per heavy atom. The summed E-state index contributed by atoms with van der Waals surface area (Å²) < 4.78 is 47.0. The largest absolute Gasteiger partial charge is 0.416 e. The van der Waals surface area contributed by atoms with Crippen molar-refractivity contribution in [1.82, 2.24) is 24.3 Å². The van der Waals surface area contributed by atoms with E-state index in [0.717, 1.165) is 24.8 Å². The van der Waals surface area contributed by atoms with Gasteiger partial charge in [0.25, 0.3) is 5.91 Å². The number of nitrogens with zero attached hydrogens (tertiary/aromatic N) is 5. The number of anilines is 1. The molecule has 2 fully saturated rings. The average molecular weight is 575 g/mol. The van der Waals surface area contributed by atoms with Gasteiger partial charge in [-0.3, -0.25) is 19.0 Å². The Kier molecular flexibility index (Phi) is 6.69. The van der Waals surface area contributed by atoms with E-state index in [0.29, 0.717) is 41.2 Å². The number of nitrogen functional groups attached to an aromatic ring is 1. The van der Waals surface area contributed by atoms with Crippen LogP contribution in [-0.2, 0) is 27.7 Å². The second kappa shape index (κ2) is 10.3. The van der Waals surface area contributed by atoms with Crippen LogP contribution < -0.4 is 5.73 Å². The lowest BCUT2D eigenvalue weighted by molar-refractivity contribution is -0.145. The van der Waals surface area contributed by atoms with Gasteiger partial charge >= 0.3 is 6.18 Å². The molecule has 0 aliphatic carbocycles. The molecule has 3 aromatic heterocycles. The second-order valence-electron chi connectivity index (χ2n) is 10.3. The quantitative estimate of drug-likeness (QED) is 0.282. The molecule has 2 aliphatic heterocycles. The Hall–Kier alpha value is -4.76. The molecule has 1 aromatic carbocycles. The van der Waals surface area contributed by atoms with Crippen LogP contribution in [0.4, 0.5) is 19.0 Å². The first-order valence-electron chi connectivity index (χ1n) is 13.2. The first-order chi connectivity index (χ1) is 20.1. The van der Waals surface area contributed by atoms with Crippen molar-refractivity contribution in [2.75, 3.05) is 18.9 Å². The van der Waals surface area contributed by atoms with E-state index in [9.17, 15) is 22.8 Å². The molecule has 0 spiro atoms. The van der Waals surface area contributed by atoms with Crippen molar-refractivity contribution in [3.05, 3.63) is 77.6 Å². The highest BCUT2D eigenvalue weighted by Crippen LogP contribution is 2.46. The third-order valence-corrected chi connectivity index (χ3v) is 7.78. The van der Waals surface area contributed by atoms with E-state index in [4.69, 9.17) is 15.5 Å². The van der Waals surface area contributed by atoms with Gasteiger partial charge in [-0.05, 0) is 37.8 Å². The maximum atomic E-state index is 13.1. The molecule has 1 amide bonds. The number of fused-ring (bicyclic) bond motifs is 3. The topological polar surface area (TPSA) is 116 Å². The third-order valence-electron chi connectivity index (χ3n) is 7.78. The number of Topliss-reactive ketones (excluding diaryl/α,β-unsaturated/α-hetero) is 1. The molecule has 2 atom stereocenters. The van der Waals surface area contributed by atoms with Crippen LogP contribution in [0.25, 0.3) is 16.8 Å². The van der Waals surface area contributed by atoms with Gasteiger partial charge in [-0.15, -0.1) is 0 Å². The molecule has 2 N–H and O–H groups in total. The molecule has 5 heterocycles. The highest BCUT2D eigenvalue weighted by Gasteiger charge is 2.55. The number of aromatic nitrogens is 4. The van der Waals surface area contributed by atoms with E-state index in [1.165, 1.54) is 0 Å². The van der Waals surface area contributed by atoms with E-state index in [2.05, 4.69) is 21.8 Å². The van der Waals surface area contributed by atoms with Crippen LogP contribution in [0.5, 0.6) is 0 Å². The monoisotopic (exact) mass is 574 g/mol. The van der Waals surface area contributed by atoms with Crippen LogP contribution in [0.1, 0.15) is 47.2 Å². The van der Waals surface area contributed by atoms with Gasteiger partial charge in [0.1, 0.15) is 28.4 Å². The van der Waals surface area contributed by atoms with Crippen molar-refractivity contribution in [1.29, 1.82) is 0 Å². The van der Waals surface area contributed by atoms with Gasteiger partial charge in [0.15, 0.2) is 5.78 Å². The molecule has 0 radical (unpaired) electrons. The molecule has 6 rings (SSSR count). The molecule has 0 saturated carbocycles. The highest BCUT2D eigenvalue weighted by atomic mass is 19.4. The van der Waals surface area contributed by atoms with Crippen LogP contribution >= 0.6 is 0 Å². The van der Waals surface area contributed by atoms with E-state index >= 15 is 0 Å². The number of ketones is 1. The summed E-state index contributed by atoms with van der Waals surface area (Å²) in [6.07, 6.45) is 0.898. The number of halogens is 3. The number of amides is 1. The Bertz CT molecular complexity index is 1770. The maximum absolute atomic E-state index is 13.1. The smallest absolute Gasteiger partial charge is 0.382 e. The van der Waals surface area contributed by atoms with Crippen LogP contribution in [0.2, 0.25) is 0 Å². The molecular weight excluding hydrogens is 549 g/mol. The molecule has 42 heavy (non-hydrogen) atoms. The Balaban J connectivity index is 1.36. The minimum atomic E-state index is -4.53. The number of pyridine rings is 1. The molecule has 2 saturated heterocycles. The SMILES string of the molecule is CC#CC(=O)N1C2CCC1(c1nc(-c3ccc(C(=O)Cc4cc(C(F)(F)F)ccn4)cc3)c3c(N)nccn13)COC2. The van der Waals surface area contributed by atoms with Crippen molar-refractivity contribution in [2.24, 2.45) is 0 Å². The highest BCUT2D eigenvalue weighted by molar-refractivity contribution is 5.98. The number of benzene rings is 1. The predicted molar refractivity (Wildman–Crippen MR) is 146 cm³/mol. The number of nitrogens with two attached hydrogens (primary N) is 1. The van der Waals surface area contributed by atoms with Crippen LogP contribution in [0, 0.1) is 11.8 Å². The minimum Gasteiger partial charge on any atom is -0.382 e. The Morgan fingerprint density at radius 1 is 1.17 bits per heavy atom. The molecule has 9 nitrogen and oxygen atoms in total. The molecule has 214 valence electrons. The minimum absolute atomic E-state index is 0.0261. The van der Waals surface area contributed by atoms with Gasteiger partial charge in [0, 0.05) is 35.4 Å². The fourth-order valence-electron chi connectivity index (χ4n) is 5.90. The predicted octanol–water partition coefficient (Wildman–Crippen LogP) is 4.06. The van der Waals surface area contributed by atoms with Crippen LogP contribution in [0.3, 0.4) is 0 Å². The molecule has 2 aliphatic rings. The number of hydrogen-bond donors (Lipinski definition) is 1. The first-order valence-corrected chi connectivity index (χ1v) is 13.2. The first kappa shape index (κ1) is 27.4. The van der Waals surface area contributed by atoms with Gasteiger partial charge in [0.05, 0.1) is 31.2 Å². The van der Waals surface area contributed by atoms with Crippen molar-refractivity contribution >= 4 is 23.0 Å². The van der Waals surface area contributed by atoms with Crippen molar-refractivity contribution < 1.29 is 27.5 Å². The lowest BCUT2D eigenvalue weighted by Crippen LogP contribution is -2.56. The van der Waals surface area contributed by atoms with Gasteiger partial charge in [0.2, 0.25) is 0 Å². The Labute approximate surface area is 238 Å². The molecule has 12 heteroatoms. The number of rotatable bonds is 5. The van der Waals surface area contributed by atoms with E-state index in [1.807, 2.05) is 4.40 Å². The van der Waals surface area contributed by atoms with Gasteiger partial charge < -0.3 is 15.4 Å². The fraction of sp³-hybridized carbons (Fsp3) is 0.300. The normalized spacial score (nSPS) is 19.9. The lowest BCUT2D eigenvalue weighted by atomic mass is 9.95. The number of hydrogen-bond acceptors (Lipinski definition) is 7. The molecular formula is C30H25F3N6O3. The molecule has 2 bridgehead atoms. The number of alkyl halides is 3. The summed E-state index contributed by atoms with van der Waals surface area (Å²) in [6, 6.07) is 8.18. The van der Waals surface area contributed by atoms with Gasteiger partial charge in [-0.2, -0.15) is 13.2 Å². The number of ether oxygens (including phenoxy) is 1. The number of carbonyl (C=O) groups excluding carboxylic acids is 2. The van der Waals surface area contributed by atoms with Crippen molar-refractivity contribution in [2.45, 2.75) is 43.9 Å². The summed E-state index contributed by atoms with van der Waals surface area (Å²) in [4.78, 5) is 41.0. The molecule has 4 aromatic rings. The third kappa shape index (κ3) is 4.55. The summed E-state index contributed by atoms with van der Waals surface area (Å²) in [5.41, 5.74) is 6.64. The summed E-state index contributed by atoms with van der Waals surface area (Å²) in [6.45, 7) is 2.29. The van der Waals surface area contributed by atoms with Gasteiger partial charge in [-0.25, -0.2) is 9.97 Å². The zero-order chi connectivity index (χ0) is 29.6. The zero-order valence-electron chi connectivity index (χ0n) is 22.5. The summed E-state index contributed by atoms with van der Waals surface area (Å²) in [7, 11) is 0. The number of morpholine rings is 1. The lowest BCUT2D eigenvalue weighted by Gasteiger charge is -2.42. The van der Waals surface area contributed by atoms with Crippen molar-refractivity contribution in [3.63, 3.8) is 0 Å². The maximum Gasteiger partial charge on any atom is 0.416 e. The fourth-order valence-corrected chi connectivity index (χ4v) is 5.90. The summed E-state index contributed by atoms with van der Waals surface area (Å²) in [5, 5.41) is 0. The number of carbonyl (C=O) groups is 2. The van der Waals surface area contributed by atoms with Crippen LogP contribution in [-0.4, -0.2) is 55.2 Å². The molecule has 2 unspecified atom stereocenters. The van der Waals surface area contributed by atoms with E-state index in [-0.39, 0.29) is 42.3 Å². The zero-order valence-corrected chi connectivity index (χ0v) is 22.5. The van der Waals surface area contributed by atoms with Gasteiger partial charge in [-0.1, -0.05) is 30.2 Å².